The maximum absolute atomic E-state index is 6.41. The molecule has 1 aliphatic rings. The van der Waals surface area contributed by atoms with Crippen molar-refractivity contribution in [2.24, 2.45) is 0 Å². The number of thiophene rings is 1. The van der Waals surface area contributed by atoms with Crippen LogP contribution < -0.4 is 4.74 Å². The molecule has 140 valence electrons. The molecule has 2 aromatic heterocycles. The predicted molar refractivity (Wildman–Crippen MR) is 117 cm³/mol. The minimum Gasteiger partial charge on any atom is -0.493 e. The van der Waals surface area contributed by atoms with Crippen molar-refractivity contribution < 1.29 is 4.74 Å². The average molecular weight is 493 g/mol. The van der Waals surface area contributed by atoms with Crippen LogP contribution in [0.4, 0.5) is 0 Å². The number of benzene rings is 2. The summed E-state index contributed by atoms with van der Waals surface area (Å²) in [6, 6.07) is 13.7. The van der Waals surface area contributed by atoms with Crippen LogP contribution in [-0.2, 0) is 6.42 Å². The molecule has 5 rings (SSSR count). The molecule has 0 N–H and O–H groups in total. The van der Waals surface area contributed by atoms with Gasteiger partial charge in [-0.25, -0.2) is 0 Å². The van der Waals surface area contributed by atoms with E-state index < -0.39 is 0 Å². The summed E-state index contributed by atoms with van der Waals surface area (Å²) in [5.41, 5.74) is 3.13. The van der Waals surface area contributed by atoms with E-state index in [4.69, 9.17) is 27.9 Å². The monoisotopic (exact) mass is 491 g/mol. The third-order valence-corrected chi connectivity index (χ3v) is 6.80. The first-order valence-electron chi connectivity index (χ1n) is 8.51. The second kappa shape index (κ2) is 7.19. The van der Waals surface area contributed by atoms with Crippen molar-refractivity contribution in [1.29, 1.82) is 0 Å². The standard InChI is InChI=1S/C20H12BrCl2N3OS/c21-12-1-4-17-14(8-12)19-11(5-6-27-17)7-18(28-19)20-25-24-10-26(20)16-3-2-13(22)9-15(16)23/h1-4,7-10H,5-6H2. The van der Waals surface area contributed by atoms with E-state index in [1.165, 1.54) is 10.4 Å². The molecule has 1 aliphatic heterocycles. The number of hydrogen-bond donors (Lipinski definition) is 0. The lowest BCUT2D eigenvalue weighted by molar-refractivity contribution is 0.326. The van der Waals surface area contributed by atoms with Gasteiger partial charge in [-0.3, -0.25) is 4.57 Å². The van der Waals surface area contributed by atoms with Gasteiger partial charge in [-0.2, -0.15) is 0 Å². The van der Waals surface area contributed by atoms with Gasteiger partial charge >= 0.3 is 0 Å². The Hall–Kier alpha value is -1.86. The molecule has 0 unspecified atom stereocenters. The minimum atomic E-state index is 0.550. The number of hydrogen-bond acceptors (Lipinski definition) is 4. The largest absolute Gasteiger partial charge is 0.493 e. The number of nitrogens with zero attached hydrogens (tertiary/aromatic N) is 3. The van der Waals surface area contributed by atoms with Gasteiger partial charge < -0.3 is 4.74 Å². The van der Waals surface area contributed by atoms with Crippen LogP contribution in [0.2, 0.25) is 10.0 Å². The second-order valence-electron chi connectivity index (χ2n) is 6.32. The van der Waals surface area contributed by atoms with Crippen LogP contribution >= 0.6 is 50.5 Å². The maximum Gasteiger partial charge on any atom is 0.178 e. The van der Waals surface area contributed by atoms with Crippen LogP contribution in [0.3, 0.4) is 0 Å². The van der Waals surface area contributed by atoms with Crippen LogP contribution in [-0.4, -0.2) is 21.4 Å². The molecular formula is C20H12BrCl2N3OS. The van der Waals surface area contributed by atoms with E-state index in [1.807, 2.05) is 22.8 Å². The van der Waals surface area contributed by atoms with Crippen LogP contribution in [0.5, 0.6) is 5.75 Å². The van der Waals surface area contributed by atoms with Gasteiger partial charge in [0.05, 0.1) is 22.2 Å². The topological polar surface area (TPSA) is 39.9 Å². The van der Waals surface area contributed by atoms with E-state index in [-0.39, 0.29) is 0 Å². The first-order valence-corrected chi connectivity index (χ1v) is 10.9. The summed E-state index contributed by atoms with van der Waals surface area (Å²) in [6.07, 6.45) is 2.51. The van der Waals surface area contributed by atoms with Gasteiger partial charge in [0.1, 0.15) is 12.1 Å². The number of aromatic nitrogens is 3. The van der Waals surface area contributed by atoms with E-state index in [0.717, 1.165) is 38.6 Å². The molecule has 0 amide bonds. The molecule has 0 fully saturated rings. The Morgan fingerprint density at radius 3 is 2.86 bits per heavy atom. The third kappa shape index (κ3) is 3.14. The van der Waals surface area contributed by atoms with Crippen LogP contribution in [0.1, 0.15) is 5.56 Å². The smallest absolute Gasteiger partial charge is 0.178 e. The molecule has 0 radical (unpaired) electrons. The van der Waals surface area contributed by atoms with Gasteiger partial charge in [-0.15, -0.1) is 21.5 Å². The van der Waals surface area contributed by atoms with E-state index in [0.29, 0.717) is 16.7 Å². The molecule has 4 nitrogen and oxygen atoms in total. The van der Waals surface area contributed by atoms with Crippen molar-refractivity contribution >= 4 is 50.5 Å². The van der Waals surface area contributed by atoms with Gasteiger partial charge in [-0.1, -0.05) is 39.1 Å². The van der Waals surface area contributed by atoms with Crippen LogP contribution in [0.15, 0.2) is 53.3 Å². The first-order chi connectivity index (χ1) is 13.6. The lowest BCUT2D eigenvalue weighted by Crippen LogP contribution is -1.98. The van der Waals surface area contributed by atoms with Gasteiger partial charge in [0.15, 0.2) is 5.82 Å². The highest BCUT2D eigenvalue weighted by Gasteiger charge is 2.22. The minimum absolute atomic E-state index is 0.550. The fourth-order valence-corrected chi connectivity index (χ4v) is 5.36. The Labute approximate surface area is 183 Å². The number of ether oxygens (including phenoxy) is 1. The SMILES string of the molecule is Clc1ccc(-n2cnnc2-c2cc3c(s2)-c2cc(Br)ccc2OCC3)c(Cl)c1. The molecule has 0 saturated carbocycles. The zero-order valence-corrected chi connectivity index (χ0v) is 18.2. The summed E-state index contributed by atoms with van der Waals surface area (Å²) in [4.78, 5) is 2.22. The van der Waals surface area contributed by atoms with Gasteiger partial charge in [0, 0.05) is 26.4 Å². The Morgan fingerprint density at radius 2 is 2.00 bits per heavy atom. The van der Waals surface area contributed by atoms with E-state index in [1.54, 1.807) is 29.8 Å². The summed E-state index contributed by atoms with van der Waals surface area (Å²) >= 11 is 17.7. The summed E-state index contributed by atoms with van der Waals surface area (Å²) < 4.78 is 8.83. The number of rotatable bonds is 2. The summed E-state index contributed by atoms with van der Waals surface area (Å²) in [6.45, 7) is 0.646. The van der Waals surface area contributed by atoms with Crippen molar-refractivity contribution in [3.63, 3.8) is 0 Å². The predicted octanol–water partition coefficient (Wildman–Crippen LogP) is 6.67. The van der Waals surface area contributed by atoms with Crippen molar-refractivity contribution in [3.05, 3.63) is 68.9 Å². The lowest BCUT2D eigenvalue weighted by atomic mass is 10.1. The molecule has 0 aliphatic carbocycles. The highest BCUT2D eigenvalue weighted by atomic mass is 79.9. The first kappa shape index (κ1) is 18.2. The molecule has 3 heterocycles. The normalized spacial score (nSPS) is 12.8. The summed E-state index contributed by atoms with van der Waals surface area (Å²) in [5.74, 6) is 1.65. The maximum atomic E-state index is 6.41. The quantitative estimate of drug-likeness (QED) is 0.313. The van der Waals surface area contributed by atoms with E-state index >= 15 is 0 Å². The Bertz CT molecular complexity index is 1200. The average Bonchev–Trinajstić information content (AvgIpc) is 3.27. The van der Waals surface area contributed by atoms with Gasteiger partial charge in [0.25, 0.3) is 0 Å². The molecule has 8 heteroatoms. The highest BCUT2D eigenvalue weighted by Crippen LogP contribution is 2.44. The van der Waals surface area contributed by atoms with Gasteiger partial charge in [0.2, 0.25) is 0 Å². The molecule has 0 bridgehead atoms. The Balaban J connectivity index is 1.65. The molecule has 0 spiro atoms. The molecular weight excluding hydrogens is 481 g/mol. The molecule has 2 aromatic carbocycles. The van der Waals surface area contributed by atoms with Crippen molar-refractivity contribution in [3.8, 4) is 32.6 Å². The van der Waals surface area contributed by atoms with E-state index in [2.05, 4.69) is 38.3 Å². The van der Waals surface area contributed by atoms with Crippen LogP contribution in [0, 0.1) is 0 Å². The molecule has 0 atom stereocenters. The molecule has 28 heavy (non-hydrogen) atoms. The fraction of sp³-hybridized carbons (Fsp3) is 0.100. The van der Waals surface area contributed by atoms with Crippen molar-refractivity contribution in [1.82, 2.24) is 14.8 Å². The number of halogens is 3. The zero-order valence-electron chi connectivity index (χ0n) is 14.3. The van der Waals surface area contributed by atoms with E-state index in [9.17, 15) is 0 Å². The second-order valence-corrected chi connectivity index (χ2v) is 9.14. The number of fused-ring (bicyclic) bond motifs is 3. The Morgan fingerprint density at radius 1 is 1.11 bits per heavy atom. The van der Waals surface area contributed by atoms with Crippen molar-refractivity contribution in [2.75, 3.05) is 6.61 Å². The lowest BCUT2D eigenvalue weighted by Gasteiger charge is -2.08. The fourth-order valence-electron chi connectivity index (χ4n) is 3.29. The van der Waals surface area contributed by atoms with Crippen molar-refractivity contribution in [2.45, 2.75) is 6.42 Å². The summed E-state index contributed by atoms with van der Waals surface area (Å²) in [5, 5.41) is 9.62. The zero-order chi connectivity index (χ0) is 19.3. The summed E-state index contributed by atoms with van der Waals surface area (Å²) in [7, 11) is 0. The van der Waals surface area contributed by atoms with Crippen LogP contribution in [0.25, 0.3) is 26.8 Å². The Kier molecular flexibility index (Phi) is 4.67. The van der Waals surface area contributed by atoms with Gasteiger partial charge in [-0.05, 0) is 48.0 Å². The molecule has 0 saturated heterocycles. The highest BCUT2D eigenvalue weighted by molar-refractivity contribution is 9.10. The third-order valence-electron chi connectivity index (χ3n) is 4.56. The molecule has 4 aromatic rings.